The van der Waals surface area contributed by atoms with Crippen molar-refractivity contribution in [3.8, 4) is 0 Å². The minimum absolute atomic E-state index is 0.371. The topological polar surface area (TPSA) is 56.2 Å². The van der Waals surface area contributed by atoms with Gasteiger partial charge in [-0.3, -0.25) is 0 Å². The normalized spacial score (nSPS) is 21.8. The fraction of sp³-hybridized carbons (Fsp3) is 0.800. The van der Waals surface area contributed by atoms with E-state index in [0.29, 0.717) is 0 Å². The number of ether oxygens (including phenoxy) is 1. The second-order valence-electron chi connectivity index (χ2n) is 9.35. The second-order valence-corrected chi connectivity index (χ2v) is 9.35. The zero-order chi connectivity index (χ0) is 18.7. The Balaban J connectivity index is 1.93. The third-order valence-corrected chi connectivity index (χ3v) is 4.85. The molecule has 5 heteroatoms. The molecule has 1 aliphatic carbocycles. The van der Waals surface area contributed by atoms with E-state index in [-0.39, 0.29) is 11.6 Å². The van der Waals surface area contributed by atoms with Crippen molar-refractivity contribution in [2.75, 3.05) is 0 Å². The van der Waals surface area contributed by atoms with Crippen molar-refractivity contribution in [1.29, 1.82) is 0 Å². The van der Waals surface area contributed by atoms with Crippen LogP contribution in [-0.2, 0) is 17.7 Å². The lowest BCUT2D eigenvalue weighted by Gasteiger charge is -2.30. The summed E-state index contributed by atoms with van der Waals surface area (Å²) in [5.74, 6) is 1.61. The van der Waals surface area contributed by atoms with Crippen molar-refractivity contribution < 1.29 is 9.53 Å². The van der Waals surface area contributed by atoms with Gasteiger partial charge >= 0.3 is 6.09 Å². The second kappa shape index (κ2) is 7.79. The number of hydrogen-bond acceptors (Lipinski definition) is 3. The first-order valence-electron chi connectivity index (χ1n) is 9.54. The molecule has 0 bridgehead atoms. The van der Waals surface area contributed by atoms with Crippen LogP contribution in [0.5, 0.6) is 0 Å². The monoisotopic (exact) mass is 349 g/mol. The first-order valence-corrected chi connectivity index (χ1v) is 9.54. The fourth-order valence-corrected chi connectivity index (χ4v) is 3.53. The Bertz CT molecular complexity index is 564. The quantitative estimate of drug-likeness (QED) is 0.848. The van der Waals surface area contributed by atoms with E-state index in [9.17, 15) is 4.79 Å². The molecular formula is C20H35N3O2. The number of nitrogens with zero attached hydrogens (tertiary/aromatic N) is 2. The van der Waals surface area contributed by atoms with Gasteiger partial charge in [-0.05, 0) is 59.3 Å². The standard InChI is InChI=1S/C20H35N3O2/c1-15-7-9-16(10-8-15)13-23-14-21-12-17(23)11-20(5,6)22-18(24)25-19(2,3)4/h12,14-16H,7-11,13H2,1-6H3,(H,22,24). The summed E-state index contributed by atoms with van der Waals surface area (Å²) >= 11 is 0. The molecule has 1 N–H and O–H groups in total. The first kappa shape index (κ1) is 19.8. The van der Waals surface area contributed by atoms with Gasteiger partial charge < -0.3 is 14.6 Å². The van der Waals surface area contributed by atoms with Crippen molar-refractivity contribution >= 4 is 6.09 Å². The molecule has 1 aromatic rings. The van der Waals surface area contributed by atoms with Crippen LogP contribution in [0.4, 0.5) is 4.79 Å². The third kappa shape index (κ3) is 6.71. The highest BCUT2D eigenvalue weighted by Crippen LogP contribution is 2.29. The number of imidazole rings is 1. The summed E-state index contributed by atoms with van der Waals surface area (Å²) in [4.78, 5) is 16.4. The van der Waals surface area contributed by atoms with Crippen LogP contribution in [0.3, 0.4) is 0 Å². The van der Waals surface area contributed by atoms with Gasteiger partial charge in [-0.2, -0.15) is 0 Å². The zero-order valence-electron chi connectivity index (χ0n) is 16.8. The number of nitrogens with one attached hydrogen (secondary N) is 1. The highest BCUT2D eigenvalue weighted by Gasteiger charge is 2.27. The van der Waals surface area contributed by atoms with E-state index >= 15 is 0 Å². The molecule has 0 aliphatic heterocycles. The van der Waals surface area contributed by atoms with Crippen molar-refractivity contribution in [3.63, 3.8) is 0 Å². The predicted molar refractivity (Wildman–Crippen MR) is 101 cm³/mol. The highest BCUT2D eigenvalue weighted by atomic mass is 16.6. The minimum Gasteiger partial charge on any atom is -0.444 e. The molecule has 0 radical (unpaired) electrons. The van der Waals surface area contributed by atoms with Gasteiger partial charge in [0, 0.05) is 30.4 Å². The Morgan fingerprint density at radius 2 is 1.88 bits per heavy atom. The summed E-state index contributed by atoms with van der Waals surface area (Å²) < 4.78 is 7.65. The largest absolute Gasteiger partial charge is 0.444 e. The van der Waals surface area contributed by atoms with E-state index in [2.05, 4.69) is 21.8 Å². The molecule has 142 valence electrons. The van der Waals surface area contributed by atoms with E-state index in [1.165, 1.54) is 31.4 Å². The number of aromatic nitrogens is 2. The predicted octanol–water partition coefficient (Wildman–Crippen LogP) is 4.56. The van der Waals surface area contributed by atoms with Crippen LogP contribution in [0.2, 0.25) is 0 Å². The molecule has 0 atom stereocenters. The summed E-state index contributed by atoms with van der Waals surface area (Å²) in [7, 11) is 0. The van der Waals surface area contributed by atoms with E-state index < -0.39 is 5.60 Å². The Kier molecular flexibility index (Phi) is 6.17. The number of amides is 1. The summed E-state index contributed by atoms with van der Waals surface area (Å²) in [6, 6.07) is 0. The van der Waals surface area contributed by atoms with E-state index in [1.54, 1.807) is 0 Å². The highest BCUT2D eigenvalue weighted by molar-refractivity contribution is 5.68. The Morgan fingerprint density at radius 3 is 2.48 bits per heavy atom. The van der Waals surface area contributed by atoms with Crippen molar-refractivity contribution in [1.82, 2.24) is 14.9 Å². The number of carbonyl (C=O) groups is 1. The van der Waals surface area contributed by atoms with Gasteiger partial charge in [0.05, 0.1) is 6.33 Å². The molecule has 0 saturated heterocycles. The lowest BCUT2D eigenvalue weighted by molar-refractivity contribution is 0.0471. The molecule has 1 fully saturated rings. The Labute approximate surface area is 152 Å². The fourth-order valence-electron chi connectivity index (χ4n) is 3.53. The van der Waals surface area contributed by atoms with Gasteiger partial charge in [0.15, 0.2) is 0 Å². The molecule has 1 aliphatic rings. The molecule has 1 saturated carbocycles. The SMILES string of the molecule is CC1CCC(Cn2cncc2CC(C)(C)NC(=O)OC(C)(C)C)CC1. The van der Waals surface area contributed by atoms with Gasteiger partial charge in [-0.15, -0.1) is 0 Å². The maximum Gasteiger partial charge on any atom is 0.408 e. The number of rotatable bonds is 5. The smallest absolute Gasteiger partial charge is 0.408 e. The van der Waals surface area contributed by atoms with Gasteiger partial charge in [0.1, 0.15) is 5.60 Å². The van der Waals surface area contributed by atoms with Gasteiger partial charge in [-0.1, -0.05) is 19.8 Å². The Hall–Kier alpha value is -1.52. The van der Waals surface area contributed by atoms with Crippen molar-refractivity contribution in [2.24, 2.45) is 11.8 Å². The molecule has 1 amide bonds. The molecule has 1 heterocycles. The maximum atomic E-state index is 12.1. The van der Waals surface area contributed by atoms with Gasteiger partial charge in [0.2, 0.25) is 0 Å². The molecule has 5 nitrogen and oxygen atoms in total. The lowest BCUT2D eigenvalue weighted by Crippen LogP contribution is -2.47. The van der Waals surface area contributed by atoms with Crippen LogP contribution in [0, 0.1) is 11.8 Å². The molecule has 1 aromatic heterocycles. The van der Waals surface area contributed by atoms with Crippen molar-refractivity contribution in [3.05, 3.63) is 18.2 Å². The molecule has 0 aromatic carbocycles. The van der Waals surface area contributed by atoms with Gasteiger partial charge in [-0.25, -0.2) is 9.78 Å². The van der Waals surface area contributed by atoms with Crippen LogP contribution in [-0.4, -0.2) is 26.8 Å². The van der Waals surface area contributed by atoms with Crippen LogP contribution in [0.15, 0.2) is 12.5 Å². The average molecular weight is 350 g/mol. The summed E-state index contributed by atoms with van der Waals surface area (Å²) in [6.07, 6.45) is 9.48. The van der Waals surface area contributed by atoms with Crippen LogP contribution in [0.25, 0.3) is 0 Å². The number of hydrogen-bond donors (Lipinski definition) is 1. The van der Waals surface area contributed by atoms with Crippen LogP contribution < -0.4 is 5.32 Å². The molecule has 0 unspecified atom stereocenters. The number of carbonyl (C=O) groups excluding carboxylic acids is 1. The molecular weight excluding hydrogens is 314 g/mol. The van der Waals surface area contributed by atoms with Crippen molar-refractivity contribution in [2.45, 2.75) is 91.3 Å². The third-order valence-electron chi connectivity index (χ3n) is 4.85. The molecule has 0 spiro atoms. The number of alkyl carbamates (subject to hydrolysis) is 1. The molecule has 2 rings (SSSR count). The summed E-state index contributed by atoms with van der Waals surface area (Å²) in [5, 5.41) is 2.99. The van der Waals surface area contributed by atoms with E-state index in [4.69, 9.17) is 4.74 Å². The lowest BCUT2D eigenvalue weighted by atomic mass is 9.83. The first-order chi connectivity index (χ1) is 11.5. The van der Waals surface area contributed by atoms with Crippen LogP contribution in [0.1, 0.15) is 72.9 Å². The van der Waals surface area contributed by atoms with Crippen LogP contribution >= 0.6 is 0 Å². The zero-order valence-corrected chi connectivity index (χ0v) is 16.8. The minimum atomic E-state index is -0.486. The summed E-state index contributed by atoms with van der Waals surface area (Å²) in [6.45, 7) is 13.1. The maximum absolute atomic E-state index is 12.1. The van der Waals surface area contributed by atoms with Gasteiger partial charge in [0.25, 0.3) is 0 Å². The van der Waals surface area contributed by atoms with E-state index in [0.717, 1.165) is 24.8 Å². The Morgan fingerprint density at radius 1 is 1.24 bits per heavy atom. The average Bonchev–Trinajstić information content (AvgIpc) is 2.84. The molecule has 25 heavy (non-hydrogen) atoms. The summed E-state index contributed by atoms with van der Waals surface area (Å²) in [5.41, 5.74) is 0.293. The van der Waals surface area contributed by atoms with E-state index in [1.807, 2.05) is 47.1 Å².